The topological polar surface area (TPSA) is 62.5 Å². The van der Waals surface area contributed by atoms with E-state index in [9.17, 15) is 9.59 Å². The molecular weight excluding hydrogens is 392 g/mol. The number of benzene rings is 2. The average molecular weight is 423 g/mol. The molecule has 1 fully saturated rings. The highest BCUT2D eigenvalue weighted by Crippen LogP contribution is 2.32. The van der Waals surface area contributed by atoms with Crippen LogP contribution < -0.4 is 15.2 Å². The Labute approximate surface area is 182 Å². The molecule has 1 aromatic heterocycles. The summed E-state index contributed by atoms with van der Waals surface area (Å²) in [6.45, 7) is 0.683. The monoisotopic (exact) mass is 422 g/mol. The second-order valence-electron chi connectivity index (χ2n) is 8.52. The number of ketones is 1. The van der Waals surface area contributed by atoms with Gasteiger partial charge in [-0.15, -0.1) is 0 Å². The van der Waals surface area contributed by atoms with Gasteiger partial charge in [-0.2, -0.15) is 0 Å². The van der Waals surface area contributed by atoms with E-state index >= 15 is 0 Å². The number of ether oxygens (including phenoxy) is 2. The maximum absolute atomic E-state index is 12.8. The lowest BCUT2D eigenvalue weighted by atomic mass is 9.79. The van der Waals surface area contributed by atoms with Gasteiger partial charge >= 0.3 is 5.69 Å². The average Bonchev–Trinajstić information content (AvgIpc) is 3.04. The lowest BCUT2D eigenvalue weighted by Crippen LogP contribution is -2.29. The fourth-order valence-electron chi connectivity index (χ4n) is 4.71. The molecule has 31 heavy (non-hydrogen) atoms. The minimum absolute atomic E-state index is 0.000888. The van der Waals surface area contributed by atoms with E-state index in [4.69, 9.17) is 9.47 Å². The van der Waals surface area contributed by atoms with E-state index in [2.05, 4.69) is 0 Å². The van der Waals surface area contributed by atoms with Gasteiger partial charge in [-0.25, -0.2) is 4.79 Å². The first kappa shape index (κ1) is 21.2. The van der Waals surface area contributed by atoms with E-state index in [1.165, 1.54) is 0 Å². The fourth-order valence-corrected chi connectivity index (χ4v) is 4.71. The van der Waals surface area contributed by atoms with Crippen LogP contribution in [0.4, 0.5) is 0 Å². The van der Waals surface area contributed by atoms with Crippen molar-refractivity contribution in [2.24, 2.45) is 18.9 Å². The molecule has 0 aliphatic heterocycles. The summed E-state index contributed by atoms with van der Waals surface area (Å²) in [5, 5.41) is 0. The quantitative estimate of drug-likeness (QED) is 0.578. The molecule has 1 heterocycles. The molecule has 6 heteroatoms. The van der Waals surface area contributed by atoms with Crippen LogP contribution in [-0.2, 0) is 24.8 Å². The van der Waals surface area contributed by atoms with Crippen molar-refractivity contribution < 1.29 is 14.3 Å². The number of carbonyl (C=O) groups is 1. The summed E-state index contributed by atoms with van der Waals surface area (Å²) in [5.74, 6) is 2.38. The first-order chi connectivity index (χ1) is 15.0. The predicted octanol–water partition coefficient (Wildman–Crippen LogP) is 3.98. The van der Waals surface area contributed by atoms with Gasteiger partial charge in [0.1, 0.15) is 17.3 Å². The number of Topliss-reactive ketones (excluding diaryl/α,β-unsaturated/α-hetero) is 1. The number of nitrogens with zero attached hydrogens (tertiary/aromatic N) is 2. The van der Waals surface area contributed by atoms with E-state index in [0.717, 1.165) is 53.8 Å². The van der Waals surface area contributed by atoms with Crippen molar-refractivity contribution in [3.8, 4) is 11.5 Å². The highest BCUT2D eigenvalue weighted by atomic mass is 16.5. The summed E-state index contributed by atoms with van der Waals surface area (Å²) in [7, 11) is 5.08. The third kappa shape index (κ3) is 4.38. The Kier molecular flexibility index (Phi) is 6.16. The first-order valence-electron chi connectivity index (χ1n) is 10.9. The Hall–Kier alpha value is -3.02. The number of aryl methyl sites for hydroxylation is 1. The second-order valence-corrected chi connectivity index (χ2v) is 8.52. The molecule has 0 spiro atoms. The van der Waals surface area contributed by atoms with Gasteiger partial charge < -0.3 is 9.47 Å². The summed E-state index contributed by atoms with van der Waals surface area (Å²) in [4.78, 5) is 25.6. The van der Waals surface area contributed by atoms with Gasteiger partial charge in [0.15, 0.2) is 0 Å². The highest BCUT2D eigenvalue weighted by Gasteiger charge is 2.27. The van der Waals surface area contributed by atoms with Crippen LogP contribution in [0.2, 0.25) is 0 Å². The normalized spacial score (nSPS) is 18.8. The highest BCUT2D eigenvalue weighted by molar-refractivity contribution is 5.83. The van der Waals surface area contributed by atoms with Crippen molar-refractivity contribution in [1.82, 2.24) is 9.13 Å². The van der Waals surface area contributed by atoms with E-state index in [1.54, 1.807) is 18.8 Å². The summed E-state index contributed by atoms with van der Waals surface area (Å²) < 4.78 is 14.1. The van der Waals surface area contributed by atoms with Crippen molar-refractivity contribution in [3.63, 3.8) is 0 Å². The zero-order valence-corrected chi connectivity index (χ0v) is 18.5. The molecule has 1 aliphatic carbocycles. The Balaban J connectivity index is 1.39. The standard InChI is InChI=1S/C25H30N2O4/c1-26-22-13-12-21(31-3)15-23(22)27(25(26)29)16-18-4-8-19(9-5-18)24(28)14-17-6-10-20(30-2)11-7-17/h6-7,10-13,15,18-19H,4-5,8-9,14,16H2,1-3H3. The van der Waals surface area contributed by atoms with Crippen LogP contribution in [0, 0.1) is 11.8 Å². The molecule has 0 radical (unpaired) electrons. The van der Waals surface area contributed by atoms with Crippen LogP contribution >= 0.6 is 0 Å². The van der Waals surface area contributed by atoms with E-state index < -0.39 is 0 Å². The van der Waals surface area contributed by atoms with Gasteiger partial charge in [0.05, 0.1) is 25.3 Å². The Morgan fingerprint density at radius 3 is 2.23 bits per heavy atom. The SMILES string of the molecule is COc1ccc(CC(=O)C2CCC(Cn3c(=O)n(C)c4ccc(OC)cc43)CC2)cc1. The Morgan fingerprint density at radius 1 is 0.935 bits per heavy atom. The number of fused-ring (bicyclic) bond motifs is 1. The minimum atomic E-state index is 0.000888. The van der Waals surface area contributed by atoms with Crippen LogP contribution in [-0.4, -0.2) is 29.1 Å². The molecule has 3 aromatic rings. The smallest absolute Gasteiger partial charge is 0.328 e. The molecule has 0 bridgehead atoms. The van der Waals surface area contributed by atoms with Gasteiger partial charge in [0, 0.05) is 32.0 Å². The molecule has 0 atom stereocenters. The van der Waals surface area contributed by atoms with Crippen LogP contribution in [0.25, 0.3) is 11.0 Å². The summed E-state index contributed by atoms with van der Waals surface area (Å²) in [5.41, 5.74) is 2.85. The lowest BCUT2D eigenvalue weighted by molar-refractivity contribution is -0.123. The molecule has 0 N–H and O–H groups in total. The molecule has 1 aliphatic rings. The van der Waals surface area contributed by atoms with Gasteiger partial charge in [0.25, 0.3) is 0 Å². The number of hydrogen-bond donors (Lipinski definition) is 0. The molecule has 1 saturated carbocycles. The third-order valence-electron chi connectivity index (χ3n) is 6.63. The lowest BCUT2D eigenvalue weighted by Gasteiger charge is -2.28. The van der Waals surface area contributed by atoms with E-state index in [-0.39, 0.29) is 11.6 Å². The molecular formula is C25H30N2O4. The van der Waals surface area contributed by atoms with Crippen LogP contribution in [0.1, 0.15) is 31.2 Å². The zero-order chi connectivity index (χ0) is 22.0. The predicted molar refractivity (Wildman–Crippen MR) is 121 cm³/mol. The summed E-state index contributed by atoms with van der Waals surface area (Å²) >= 11 is 0. The first-order valence-corrected chi connectivity index (χ1v) is 10.9. The maximum Gasteiger partial charge on any atom is 0.328 e. The van der Waals surface area contributed by atoms with Gasteiger partial charge in [-0.3, -0.25) is 13.9 Å². The molecule has 2 aromatic carbocycles. The molecule has 0 amide bonds. The van der Waals surface area contributed by atoms with Crippen molar-refractivity contribution in [3.05, 3.63) is 58.5 Å². The van der Waals surface area contributed by atoms with Crippen molar-refractivity contribution in [1.29, 1.82) is 0 Å². The Bertz CT molecular complexity index is 1120. The molecule has 4 rings (SSSR count). The largest absolute Gasteiger partial charge is 0.497 e. The minimum Gasteiger partial charge on any atom is -0.497 e. The zero-order valence-electron chi connectivity index (χ0n) is 18.5. The number of carbonyl (C=O) groups excluding carboxylic acids is 1. The van der Waals surface area contributed by atoms with Crippen LogP contribution in [0.5, 0.6) is 11.5 Å². The summed E-state index contributed by atoms with van der Waals surface area (Å²) in [6, 6.07) is 13.5. The Morgan fingerprint density at radius 2 is 1.58 bits per heavy atom. The number of rotatable bonds is 7. The maximum atomic E-state index is 12.8. The number of imidazole rings is 1. The number of hydrogen-bond acceptors (Lipinski definition) is 4. The second kappa shape index (κ2) is 9.00. The van der Waals surface area contributed by atoms with Crippen LogP contribution in [0.3, 0.4) is 0 Å². The third-order valence-corrected chi connectivity index (χ3v) is 6.63. The molecule has 0 unspecified atom stereocenters. The number of aromatic nitrogens is 2. The molecule has 164 valence electrons. The van der Waals surface area contributed by atoms with Crippen LogP contribution in [0.15, 0.2) is 47.3 Å². The van der Waals surface area contributed by atoms with Crippen molar-refractivity contribution in [2.75, 3.05) is 14.2 Å². The summed E-state index contributed by atoms with van der Waals surface area (Å²) in [6.07, 6.45) is 4.19. The molecule has 6 nitrogen and oxygen atoms in total. The fraction of sp³-hybridized carbons (Fsp3) is 0.440. The van der Waals surface area contributed by atoms with Gasteiger partial charge in [-0.1, -0.05) is 12.1 Å². The van der Waals surface area contributed by atoms with Crippen molar-refractivity contribution in [2.45, 2.75) is 38.6 Å². The van der Waals surface area contributed by atoms with Crippen molar-refractivity contribution >= 4 is 16.8 Å². The van der Waals surface area contributed by atoms with Gasteiger partial charge in [-0.05, 0) is 61.4 Å². The molecule has 0 saturated heterocycles. The van der Waals surface area contributed by atoms with E-state index in [1.807, 2.05) is 54.1 Å². The van der Waals surface area contributed by atoms with E-state index in [0.29, 0.717) is 24.7 Å². The number of methoxy groups -OCH3 is 2. The van der Waals surface area contributed by atoms with Gasteiger partial charge in [0.2, 0.25) is 0 Å².